The molecule has 2 N–H and O–H groups in total. The SMILES string of the molecule is [2H][13C]([2H])([2H])[C@H]1CC2=C(CC[C@@H](O)C2)[C@H]2CC[C@@]3(C)[C@@H](CC[C@@]3(O)C#C)[C@@H]21. The summed E-state index contributed by atoms with van der Waals surface area (Å²) in [6.07, 6.45) is 11.4. The maximum Gasteiger partial charge on any atom is 0.130 e. The Hall–Kier alpha value is -0.780. The van der Waals surface area contributed by atoms with Crippen molar-refractivity contribution in [2.24, 2.45) is 29.1 Å². The van der Waals surface area contributed by atoms with Gasteiger partial charge in [0.1, 0.15) is 5.60 Å². The highest BCUT2D eigenvalue weighted by Gasteiger charge is 2.62. The van der Waals surface area contributed by atoms with Crippen molar-refractivity contribution in [2.45, 2.75) is 76.8 Å². The van der Waals surface area contributed by atoms with Crippen LogP contribution >= 0.6 is 0 Å². The Balaban J connectivity index is 1.78. The first-order valence-electron chi connectivity index (χ1n) is 10.7. The minimum absolute atomic E-state index is 0.0672. The molecule has 0 aromatic heterocycles. The number of fused-ring (bicyclic) bond motifs is 4. The highest BCUT2D eigenvalue weighted by molar-refractivity contribution is 5.30. The average Bonchev–Trinajstić information content (AvgIpc) is 2.85. The van der Waals surface area contributed by atoms with E-state index >= 15 is 0 Å². The summed E-state index contributed by atoms with van der Waals surface area (Å²) in [5.74, 6) is 2.79. The largest absolute Gasteiger partial charge is 0.393 e. The molecule has 0 heterocycles. The summed E-state index contributed by atoms with van der Waals surface area (Å²) in [6, 6.07) is 0. The molecule has 0 spiro atoms. The molecule has 23 heavy (non-hydrogen) atoms. The van der Waals surface area contributed by atoms with Crippen molar-refractivity contribution in [3.8, 4) is 12.3 Å². The number of rotatable bonds is 0. The molecule has 0 saturated heterocycles. The molecule has 2 heteroatoms. The van der Waals surface area contributed by atoms with Crippen LogP contribution in [-0.4, -0.2) is 21.9 Å². The number of hydrogen-bond donors (Lipinski definition) is 2. The van der Waals surface area contributed by atoms with E-state index in [0.29, 0.717) is 19.3 Å². The zero-order valence-electron chi connectivity index (χ0n) is 17.0. The first kappa shape index (κ1) is 12.6. The number of aliphatic hydroxyl groups excluding tert-OH is 1. The predicted octanol–water partition coefficient (Wildman–Crippen LogP) is 3.67. The second-order valence-electron chi connectivity index (χ2n) is 8.63. The maximum atomic E-state index is 11.1. The quantitative estimate of drug-likeness (QED) is 0.406. The molecule has 0 bridgehead atoms. The fourth-order valence-corrected chi connectivity index (χ4v) is 6.50. The van der Waals surface area contributed by atoms with Crippen LogP contribution in [-0.2, 0) is 0 Å². The lowest BCUT2D eigenvalue weighted by Crippen LogP contribution is -2.52. The first-order chi connectivity index (χ1) is 12.1. The Labute approximate surface area is 144 Å². The summed E-state index contributed by atoms with van der Waals surface area (Å²) in [5, 5.41) is 21.2. The second kappa shape index (κ2) is 5.11. The third-order valence-electron chi connectivity index (χ3n) is 7.78. The number of terminal acetylenes is 1. The van der Waals surface area contributed by atoms with E-state index in [0.717, 1.165) is 32.1 Å². The van der Waals surface area contributed by atoms with Crippen LogP contribution in [0.1, 0.15) is 69.3 Å². The van der Waals surface area contributed by atoms with E-state index in [-0.39, 0.29) is 29.8 Å². The smallest absolute Gasteiger partial charge is 0.130 e. The lowest BCUT2D eigenvalue weighted by molar-refractivity contribution is -0.0813. The van der Waals surface area contributed by atoms with Crippen LogP contribution in [0.2, 0.25) is 0 Å². The van der Waals surface area contributed by atoms with Crippen molar-refractivity contribution in [1.82, 2.24) is 0 Å². The maximum absolute atomic E-state index is 11.1. The molecule has 0 aromatic rings. The minimum Gasteiger partial charge on any atom is -0.393 e. The van der Waals surface area contributed by atoms with E-state index in [1.54, 1.807) is 0 Å². The number of allylic oxidation sites excluding steroid dienone is 1. The summed E-state index contributed by atoms with van der Waals surface area (Å²) in [7, 11) is 0. The zero-order valence-corrected chi connectivity index (χ0v) is 14.0. The van der Waals surface area contributed by atoms with Crippen LogP contribution in [0, 0.1) is 41.4 Å². The Morgan fingerprint density at radius 2 is 2.09 bits per heavy atom. The van der Waals surface area contributed by atoms with E-state index in [9.17, 15) is 10.2 Å². The lowest BCUT2D eigenvalue weighted by atomic mass is 9.51. The molecule has 4 rings (SSSR count). The Morgan fingerprint density at radius 1 is 1.26 bits per heavy atom. The molecule has 2 nitrogen and oxygen atoms in total. The fourth-order valence-electron chi connectivity index (χ4n) is 6.50. The zero-order chi connectivity index (χ0) is 18.9. The van der Waals surface area contributed by atoms with Gasteiger partial charge in [0.15, 0.2) is 0 Å². The van der Waals surface area contributed by atoms with Gasteiger partial charge in [0.2, 0.25) is 0 Å². The van der Waals surface area contributed by atoms with Crippen LogP contribution in [0.4, 0.5) is 0 Å². The molecular formula is C21H30O2. The van der Waals surface area contributed by atoms with Crippen LogP contribution in [0.5, 0.6) is 0 Å². The van der Waals surface area contributed by atoms with Gasteiger partial charge in [-0.2, -0.15) is 0 Å². The van der Waals surface area contributed by atoms with E-state index < -0.39 is 17.9 Å². The molecule has 0 amide bonds. The van der Waals surface area contributed by atoms with Gasteiger partial charge >= 0.3 is 0 Å². The fraction of sp³-hybridized carbons (Fsp3) is 0.810. The van der Waals surface area contributed by atoms with Crippen molar-refractivity contribution in [3.05, 3.63) is 11.1 Å². The molecule has 2 fully saturated rings. The van der Waals surface area contributed by atoms with E-state index in [1.807, 2.05) is 0 Å². The standard InChI is InChI=1S/C21H30O2/c1-4-21(23)10-8-18-19-13(2)11-14-12-15(22)5-6-16(14)17(19)7-9-20(18,21)3/h1,13,15,17-19,22-23H,5-12H2,2-3H3/t13-,15+,17+,18-,19+,20-,21-/m0/s1/i2+1D3. The van der Waals surface area contributed by atoms with Crippen molar-refractivity contribution >= 4 is 0 Å². The van der Waals surface area contributed by atoms with Crippen molar-refractivity contribution < 1.29 is 14.3 Å². The average molecular weight is 318 g/mol. The van der Waals surface area contributed by atoms with Gasteiger partial charge in [-0.15, -0.1) is 6.42 Å². The van der Waals surface area contributed by atoms with Crippen LogP contribution in [0.3, 0.4) is 0 Å². The van der Waals surface area contributed by atoms with Gasteiger partial charge in [-0.1, -0.05) is 30.8 Å². The number of aliphatic hydroxyl groups is 2. The van der Waals surface area contributed by atoms with Crippen molar-refractivity contribution in [2.75, 3.05) is 0 Å². The summed E-state index contributed by atoms with van der Waals surface area (Å²) in [4.78, 5) is 0. The van der Waals surface area contributed by atoms with Crippen LogP contribution in [0.15, 0.2) is 11.1 Å². The Morgan fingerprint density at radius 3 is 2.83 bits per heavy atom. The Kier molecular flexibility index (Phi) is 2.79. The molecule has 7 atom stereocenters. The molecule has 4 aliphatic carbocycles. The van der Waals surface area contributed by atoms with Gasteiger partial charge in [-0.25, -0.2) is 0 Å². The molecule has 4 aliphatic rings. The second-order valence-corrected chi connectivity index (χ2v) is 8.63. The third-order valence-corrected chi connectivity index (χ3v) is 7.78. The molecule has 0 aromatic carbocycles. The van der Waals surface area contributed by atoms with Gasteiger partial charge in [0.25, 0.3) is 0 Å². The van der Waals surface area contributed by atoms with Crippen molar-refractivity contribution in [1.29, 1.82) is 0 Å². The summed E-state index contributed by atoms with van der Waals surface area (Å²) in [5.41, 5.74) is 1.14. The van der Waals surface area contributed by atoms with Gasteiger partial charge in [0.05, 0.1) is 6.10 Å². The van der Waals surface area contributed by atoms with E-state index in [1.165, 1.54) is 11.1 Å². The monoisotopic (exact) mass is 318 g/mol. The molecular weight excluding hydrogens is 285 g/mol. The molecule has 126 valence electrons. The molecule has 0 aliphatic heterocycles. The Bertz CT molecular complexity index is 676. The minimum atomic E-state index is -2.01. The van der Waals surface area contributed by atoms with Gasteiger partial charge in [-0.05, 0) is 75.0 Å². The summed E-state index contributed by atoms with van der Waals surface area (Å²) >= 11 is 0. The van der Waals surface area contributed by atoms with E-state index in [2.05, 4.69) is 12.8 Å². The topological polar surface area (TPSA) is 40.5 Å². The lowest BCUT2D eigenvalue weighted by Gasteiger charge is -2.55. The van der Waals surface area contributed by atoms with Crippen LogP contribution in [0.25, 0.3) is 0 Å². The predicted molar refractivity (Wildman–Crippen MR) is 91.5 cm³/mol. The third kappa shape index (κ3) is 2.02. The van der Waals surface area contributed by atoms with Gasteiger partial charge < -0.3 is 10.2 Å². The highest BCUT2D eigenvalue weighted by Crippen LogP contribution is 2.65. The highest BCUT2D eigenvalue weighted by atomic mass is 16.3. The van der Waals surface area contributed by atoms with E-state index in [4.69, 9.17) is 10.5 Å². The summed E-state index contributed by atoms with van der Waals surface area (Å²) in [6.45, 7) is 0.0742. The first-order valence-corrected chi connectivity index (χ1v) is 9.20. The summed E-state index contributed by atoms with van der Waals surface area (Å²) < 4.78 is 24.6. The molecule has 0 radical (unpaired) electrons. The van der Waals surface area contributed by atoms with Crippen molar-refractivity contribution in [3.63, 3.8) is 0 Å². The van der Waals surface area contributed by atoms with Crippen LogP contribution < -0.4 is 0 Å². The number of hydrogen-bond acceptors (Lipinski definition) is 2. The van der Waals surface area contributed by atoms with Gasteiger partial charge in [-0.3, -0.25) is 0 Å². The normalized spacial score (nSPS) is 54.9. The molecule has 0 unspecified atom stereocenters. The molecule has 2 saturated carbocycles. The van der Waals surface area contributed by atoms with Gasteiger partial charge in [0, 0.05) is 9.53 Å².